The van der Waals surface area contributed by atoms with E-state index in [0.29, 0.717) is 31.1 Å². The maximum absolute atomic E-state index is 11.3. The minimum Gasteiger partial charge on any atom is -0.354 e. The Hall–Kier alpha value is -0.200. The quantitative estimate of drug-likeness (QED) is 0.525. The van der Waals surface area contributed by atoms with E-state index < -0.39 is 0 Å². The van der Waals surface area contributed by atoms with Crippen molar-refractivity contribution < 1.29 is 9.59 Å². The number of nitrogens with zero attached hydrogens (tertiary/aromatic N) is 1. The highest BCUT2D eigenvalue weighted by molar-refractivity contribution is 7.80. The predicted octanol–water partition coefficient (Wildman–Crippen LogP) is -0.147. The van der Waals surface area contributed by atoms with Gasteiger partial charge in [0.25, 0.3) is 0 Å². The van der Waals surface area contributed by atoms with E-state index in [1.54, 1.807) is 4.90 Å². The molecule has 0 aliphatic carbocycles. The van der Waals surface area contributed by atoms with E-state index in [1.165, 1.54) is 6.92 Å². The minimum atomic E-state index is -0.0768. The number of hydrogen-bond acceptors (Lipinski definition) is 5. The molecule has 0 saturated carbocycles. The van der Waals surface area contributed by atoms with Gasteiger partial charge < -0.3 is 5.32 Å². The van der Waals surface area contributed by atoms with Gasteiger partial charge in [0.1, 0.15) is 5.78 Å². The number of thiol groups is 2. The summed E-state index contributed by atoms with van der Waals surface area (Å²) in [6.07, 6.45) is 0. The maximum atomic E-state index is 11.3. The molecule has 15 heavy (non-hydrogen) atoms. The molecule has 0 aromatic carbocycles. The molecule has 88 valence electrons. The molecule has 0 aromatic rings. The van der Waals surface area contributed by atoms with E-state index in [1.807, 2.05) is 0 Å². The van der Waals surface area contributed by atoms with Crippen LogP contribution in [-0.4, -0.2) is 54.3 Å². The topological polar surface area (TPSA) is 49.4 Å². The Morgan fingerprint density at radius 1 is 1.20 bits per heavy atom. The van der Waals surface area contributed by atoms with Gasteiger partial charge in [0.15, 0.2) is 0 Å². The van der Waals surface area contributed by atoms with E-state index in [0.717, 1.165) is 0 Å². The van der Waals surface area contributed by atoms with Gasteiger partial charge in [-0.05, 0) is 6.92 Å². The van der Waals surface area contributed by atoms with Crippen molar-refractivity contribution in [2.75, 3.05) is 37.7 Å². The third-order valence-electron chi connectivity index (χ3n) is 1.66. The van der Waals surface area contributed by atoms with Crippen LogP contribution in [0.2, 0.25) is 0 Å². The van der Waals surface area contributed by atoms with Gasteiger partial charge in [-0.3, -0.25) is 14.5 Å². The smallest absolute Gasteiger partial charge is 0.234 e. The first-order valence-corrected chi connectivity index (χ1v) is 6.06. The van der Waals surface area contributed by atoms with E-state index in [9.17, 15) is 9.59 Å². The average molecular weight is 250 g/mol. The van der Waals surface area contributed by atoms with Crippen LogP contribution in [0.1, 0.15) is 6.92 Å². The standard InChI is InChI=1S/C9H18N2O2S2/c1-8(12)6-11(3-5-15)7-9(13)10-2-4-14/h14-15H,2-7H2,1H3,(H,10,13). The van der Waals surface area contributed by atoms with Crippen LogP contribution in [0.4, 0.5) is 0 Å². The third-order valence-corrected chi connectivity index (χ3v) is 2.09. The summed E-state index contributed by atoms with van der Waals surface area (Å²) < 4.78 is 0. The van der Waals surface area contributed by atoms with Crippen molar-refractivity contribution in [3.63, 3.8) is 0 Å². The molecular weight excluding hydrogens is 232 g/mol. The first-order chi connectivity index (χ1) is 7.10. The molecule has 0 bridgehead atoms. The predicted molar refractivity (Wildman–Crippen MR) is 67.8 cm³/mol. The second-order valence-corrected chi connectivity index (χ2v) is 4.10. The van der Waals surface area contributed by atoms with Crippen molar-refractivity contribution in [3.05, 3.63) is 0 Å². The Labute approximate surface area is 102 Å². The van der Waals surface area contributed by atoms with Crippen LogP contribution in [0.3, 0.4) is 0 Å². The molecule has 6 heteroatoms. The van der Waals surface area contributed by atoms with Crippen molar-refractivity contribution in [2.24, 2.45) is 0 Å². The molecule has 0 aliphatic heterocycles. The Kier molecular flexibility index (Phi) is 8.94. The zero-order chi connectivity index (χ0) is 11.7. The lowest BCUT2D eigenvalue weighted by Crippen LogP contribution is -2.40. The minimum absolute atomic E-state index is 0.0544. The first-order valence-electron chi connectivity index (χ1n) is 4.80. The lowest BCUT2D eigenvalue weighted by atomic mass is 10.3. The molecule has 0 fully saturated rings. The molecule has 1 N–H and O–H groups in total. The van der Waals surface area contributed by atoms with Crippen molar-refractivity contribution >= 4 is 36.9 Å². The molecule has 0 unspecified atom stereocenters. The largest absolute Gasteiger partial charge is 0.354 e. The van der Waals surface area contributed by atoms with Crippen LogP contribution in [0.15, 0.2) is 0 Å². The maximum Gasteiger partial charge on any atom is 0.234 e. The van der Waals surface area contributed by atoms with Crippen molar-refractivity contribution in [1.29, 1.82) is 0 Å². The van der Waals surface area contributed by atoms with Gasteiger partial charge in [-0.15, -0.1) is 0 Å². The molecule has 0 spiro atoms. The number of ketones is 1. The Morgan fingerprint density at radius 3 is 2.33 bits per heavy atom. The zero-order valence-electron chi connectivity index (χ0n) is 8.90. The van der Waals surface area contributed by atoms with Crippen LogP contribution in [-0.2, 0) is 9.59 Å². The van der Waals surface area contributed by atoms with Crippen molar-refractivity contribution in [1.82, 2.24) is 10.2 Å². The molecular formula is C9H18N2O2S2. The Bertz CT molecular complexity index is 212. The van der Waals surface area contributed by atoms with Gasteiger partial charge in [-0.2, -0.15) is 25.3 Å². The summed E-state index contributed by atoms with van der Waals surface area (Å²) in [5, 5.41) is 2.70. The normalized spacial score (nSPS) is 10.4. The summed E-state index contributed by atoms with van der Waals surface area (Å²) in [5.41, 5.74) is 0. The highest BCUT2D eigenvalue weighted by Crippen LogP contribution is 1.90. The lowest BCUT2D eigenvalue weighted by Gasteiger charge is -2.19. The molecule has 0 heterocycles. The summed E-state index contributed by atoms with van der Waals surface area (Å²) >= 11 is 8.07. The number of rotatable bonds is 8. The molecule has 0 saturated heterocycles. The number of Topliss-reactive ketones (excluding diaryl/α,β-unsaturated/α-hetero) is 1. The van der Waals surface area contributed by atoms with Gasteiger partial charge in [0, 0.05) is 24.6 Å². The highest BCUT2D eigenvalue weighted by Gasteiger charge is 2.10. The fraction of sp³-hybridized carbons (Fsp3) is 0.778. The van der Waals surface area contributed by atoms with Gasteiger partial charge in [-0.25, -0.2) is 0 Å². The number of hydrogen-bond donors (Lipinski definition) is 3. The molecule has 1 amide bonds. The van der Waals surface area contributed by atoms with E-state index in [-0.39, 0.29) is 18.2 Å². The second-order valence-electron chi connectivity index (χ2n) is 3.21. The first kappa shape index (κ1) is 14.8. The summed E-state index contributed by atoms with van der Waals surface area (Å²) in [6.45, 7) is 3.24. The molecule has 0 aromatic heterocycles. The lowest BCUT2D eigenvalue weighted by molar-refractivity contribution is -0.123. The fourth-order valence-electron chi connectivity index (χ4n) is 1.12. The van der Waals surface area contributed by atoms with Crippen molar-refractivity contribution in [2.45, 2.75) is 6.92 Å². The van der Waals surface area contributed by atoms with Crippen LogP contribution in [0.25, 0.3) is 0 Å². The Balaban J connectivity index is 3.92. The third kappa shape index (κ3) is 8.77. The van der Waals surface area contributed by atoms with Gasteiger partial charge in [0.05, 0.1) is 13.1 Å². The molecule has 0 atom stereocenters. The summed E-state index contributed by atoms with van der Waals surface area (Å²) in [6, 6.07) is 0. The molecule has 4 nitrogen and oxygen atoms in total. The van der Waals surface area contributed by atoms with E-state index in [2.05, 4.69) is 30.6 Å². The number of amides is 1. The fourth-order valence-corrected chi connectivity index (χ4v) is 1.52. The molecule has 0 rings (SSSR count). The molecule has 0 radical (unpaired) electrons. The number of nitrogens with one attached hydrogen (secondary N) is 1. The summed E-state index contributed by atoms with van der Waals surface area (Å²) in [5.74, 6) is 1.23. The van der Waals surface area contributed by atoms with Crippen molar-refractivity contribution in [3.8, 4) is 0 Å². The van der Waals surface area contributed by atoms with Crippen LogP contribution in [0, 0.1) is 0 Å². The van der Waals surface area contributed by atoms with Gasteiger partial charge in [-0.1, -0.05) is 0 Å². The number of carbonyl (C=O) groups is 2. The van der Waals surface area contributed by atoms with Gasteiger partial charge >= 0.3 is 0 Å². The van der Waals surface area contributed by atoms with Crippen LogP contribution >= 0.6 is 25.3 Å². The SMILES string of the molecule is CC(=O)CN(CCS)CC(=O)NCCS. The number of carbonyl (C=O) groups excluding carboxylic acids is 2. The Morgan fingerprint density at radius 2 is 1.87 bits per heavy atom. The van der Waals surface area contributed by atoms with E-state index in [4.69, 9.17) is 0 Å². The summed E-state index contributed by atoms with van der Waals surface area (Å²) in [4.78, 5) is 24.0. The van der Waals surface area contributed by atoms with Crippen LogP contribution < -0.4 is 5.32 Å². The second kappa shape index (κ2) is 9.06. The van der Waals surface area contributed by atoms with Crippen LogP contribution in [0.5, 0.6) is 0 Å². The van der Waals surface area contributed by atoms with Gasteiger partial charge in [0.2, 0.25) is 5.91 Å². The highest BCUT2D eigenvalue weighted by atomic mass is 32.1. The van der Waals surface area contributed by atoms with E-state index >= 15 is 0 Å². The summed E-state index contributed by atoms with van der Waals surface area (Å²) in [7, 11) is 0. The molecule has 0 aliphatic rings. The monoisotopic (exact) mass is 250 g/mol. The average Bonchev–Trinajstić information content (AvgIpc) is 2.14. The zero-order valence-corrected chi connectivity index (χ0v) is 10.7.